The molecule has 0 atom stereocenters. The third-order valence-electron chi connectivity index (χ3n) is 11.4. The average Bonchev–Trinajstić information content (AvgIpc) is 3.39. The Morgan fingerprint density at radius 3 is 1.36 bits per heavy atom. The van der Waals surface area contributed by atoms with Gasteiger partial charge in [0.2, 0.25) is 0 Å². The molecule has 0 aromatic heterocycles. The number of hydrogen-bond acceptors (Lipinski definition) is 1. The van der Waals surface area contributed by atoms with Crippen molar-refractivity contribution in [1.29, 1.82) is 0 Å². The molecule has 0 spiro atoms. The van der Waals surface area contributed by atoms with Crippen molar-refractivity contribution < 1.29 is 11.0 Å². The zero-order chi connectivity index (χ0) is 47.5. The van der Waals surface area contributed by atoms with Gasteiger partial charge in [0.25, 0.3) is 0 Å². The van der Waals surface area contributed by atoms with E-state index in [9.17, 15) is 11.0 Å². The van der Waals surface area contributed by atoms with E-state index in [1.165, 1.54) is 4.90 Å². The van der Waals surface area contributed by atoms with Gasteiger partial charge in [0.1, 0.15) is 0 Å². The SMILES string of the molecule is [2H]c1c([2H])c(N(c2cccc(-c3ccc4ccccc4c3)c2)c2c([2H])c([2H])c(-c3ccc4ccccc4c3-c3ccccc3)c([2H])c2[2H])c([2H])c([2H])c1-c1ccc(-c2ccc3ccccc3c2)cc1. The third kappa shape index (κ3) is 7.03. The summed E-state index contributed by atoms with van der Waals surface area (Å²) >= 11 is 0. The average molecular weight is 784 g/mol. The molecular formula is C60H41N. The molecule has 0 bridgehead atoms. The molecule has 11 aromatic carbocycles. The molecule has 0 amide bonds. The van der Waals surface area contributed by atoms with Crippen LogP contribution in [0.15, 0.2) is 249 Å². The zero-order valence-electron chi connectivity index (χ0n) is 41.0. The Hall–Kier alpha value is -8.00. The molecule has 0 N–H and O–H groups in total. The molecule has 0 aliphatic heterocycles. The second-order valence-electron chi connectivity index (χ2n) is 15.1. The molecule has 11 rings (SSSR count). The number of benzene rings is 11. The van der Waals surface area contributed by atoms with Crippen LogP contribution < -0.4 is 4.90 Å². The summed E-state index contributed by atoms with van der Waals surface area (Å²) in [6.45, 7) is 0. The summed E-state index contributed by atoms with van der Waals surface area (Å²) in [7, 11) is 0. The van der Waals surface area contributed by atoms with E-state index in [-0.39, 0.29) is 46.7 Å². The smallest absolute Gasteiger partial charge is 0.0645 e. The minimum Gasteiger partial charge on any atom is -0.310 e. The number of hydrogen-bond donors (Lipinski definition) is 0. The van der Waals surface area contributed by atoms with Crippen molar-refractivity contribution in [3.8, 4) is 55.6 Å². The van der Waals surface area contributed by atoms with Gasteiger partial charge < -0.3 is 4.90 Å². The number of fused-ring (bicyclic) bond motifs is 3. The van der Waals surface area contributed by atoms with Crippen LogP contribution in [0.25, 0.3) is 88.0 Å². The Kier molecular flexibility index (Phi) is 7.29. The molecule has 0 fully saturated rings. The standard InChI is InChI=1S/C60H41N/c1-2-14-49(15-3-1)60-58-20-9-8-13-47(58)33-38-59(60)48-31-36-56(37-32-48)61(57-19-10-18-52(41-57)54-28-26-43-12-5-7-17-51(43)40-54)55-34-29-45(30-35-55)44-21-23-46(24-22-44)53-27-25-42-11-4-6-16-50(42)39-53/h1-41H/i29D,30D,31D,32D,34D,35D,36D,37D. The Morgan fingerprint density at radius 1 is 0.262 bits per heavy atom. The van der Waals surface area contributed by atoms with Crippen LogP contribution in [0.1, 0.15) is 11.0 Å². The van der Waals surface area contributed by atoms with Crippen molar-refractivity contribution in [2.45, 2.75) is 0 Å². The van der Waals surface area contributed by atoms with E-state index in [4.69, 9.17) is 0 Å². The minimum absolute atomic E-state index is 0.100. The molecule has 11 aromatic rings. The number of rotatable bonds is 8. The topological polar surface area (TPSA) is 3.24 Å². The molecule has 286 valence electrons. The van der Waals surface area contributed by atoms with Gasteiger partial charge in [-0.15, -0.1) is 0 Å². The lowest BCUT2D eigenvalue weighted by Gasteiger charge is -2.26. The van der Waals surface area contributed by atoms with Crippen LogP contribution in [0.5, 0.6) is 0 Å². The molecule has 0 radical (unpaired) electrons. The largest absolute Gasteiger partial charge is 0.310 e. The number of nitrogens with zero attached hydrogens (tertiary/aromatic N) is 1. The highest BCUT2D eigenvalue weighted by Crippen LogP contribution is 2.42. The van der Waals surface area contributed by atoms with Gasteiger partial charge in [-0.1, -0.05) is 200 Å². The molecule has 0 aliphatic carbocycles. The van der Waals surface area contributed by atoms with Gasteiger partial charge in [0, 0.05) is 17.1 Å². The van der Waals surface area contributed by atoms with Crippen LogP contribution in [0.2, 0.25) is 0 Å². The summed E-state index contributed by atoms with van der Waals surface area (Å²) in [5, 5.41) is 6.16. The highest BCUT2D eigenvalue weighted by atomic mass is 15.1. The summed E-state index contributed by atoms with van der Waals surface area (Å²) in [4.78, 5) is 1.38. The van der Waals surface area contributed by atoms with Gasteiger partial charge >= 0.3 is 0 Å². The molecule has 61 heavy (non-hydrogen) atoms. The lowest BCUT2D eigenvalue weighted by molar-refractivity contribution is 1.28. The van der Waals surface area contributed by atoms with Crippen LogP contribution in [0.4, 0.5) is 17.1 Å². The molecule has 1 heteroatoms. The number of anilines is 3. The Morgan fingerprint density at radius 2 is 0.721 bits per heavy atom. The van der Waals surface area contributed by atoms with Gasteiger partial charge in [0.05, 0.1) is 11.0 Å². The lowest BCUT2D eigenvalue weighted by atomic mass is 9.90. The molecule has 0 unspecified atom stereocenters. The summed E-state index contributed by atoms with van der Waals surface area (Å²) in [5.41, 5.74) is 6.31. The maximum absolute atomic E-state index is 9.81. The minimum atomic E-state index is -0.403. The highest BCUT2D eigenvalue weighted by Gasteiger charge is 2.17. The van der Waals surface area contributed by atoms with E-state index in [1.54, 1.807) is 24.3 Å². The van der Waals surface area contributed by atoms with Gasteiger partial charge in [0.15, 0.2) is 0 Å². The first-order valence-electron chi connectivity index (χ1n) is 24.3. The zero-order valence-corrected chi connectivity index (χ0v) is 33.0. The van der Waals surface area contributed by atoms with Gasteiger partial charge in [-0.25, -0.2) is 0 Å². The first kappa shape index (κ1) is 28.4. The van der Waals surface area contributed by atoms with Crippen LogP contribution in [0, 0.1) is 0 Å². The lowest BCUT2D eigenvalue weighted by Crippen LogP contribution is -2.10. The van der Waals surface area contributed by atoms with E-state index < -0.39 is 24.2 Å². The summed E-state index contributed by atoms with van der Waals surface area (Å²) in [6.07, 6.45) is 0. The van der Waals surface area contributed by atoms with E-state index in [2.05, 4.69) is 30.3 Å². The van der Waals surface area contributed by atoms with E-state index >= 15 is 0 Å². The van der Waals surface area contributed by atoms with Crippen molar-refractivity contribution in [2.75, 3.05) is 4.90 Å². The van der Waals surface area contributed by atoms with Crippen LogP contribution in [-0.4, -0.2) is 0 Å². The fraction of sp³-hybridized carbons (Fsp3) is 0. The van der Waals surface area contributed by atoms with Gasteiger partial charge in [-0.2, -0.15) is 0 Å². The predicted molar refractivity (Wildman–Crippen MR) is 261 cm³/mol. The van der Waals surface area contributed by atoms with Gasteiger partial charge in [-0.3, -0.25) is 0 Å². The van der Waals surface area contributed by atoms with E-state index in [1.807, 2.05) is 146 Å². The van der Waals surface area contributed by atoms with Crippen molar-refractivity contribution in [2.24, 2.45) is 0 Å². The first-order valence-corrected chi connectivity index (χ1v) is 20.3. The molecule has 0 heterocycles. The van der Waals surface area contributed by atoms with E-state index in [0.29, 0.717) is 16.8 Å². The molecular weight excluding hydrogens is 735 g/mol. The Bertz CT molecular complexity index is 3770. The maximum Gasteiger partial charge on any atom is 0.0645 e. The monoisotopic (exact) mass is 783 g/mol. The molecule has 0 aliphatic rings. The molecule has 0 saturated heterocycles. The Balaban J connectivity index is 1.11. The summed E-state index contributed by atoms with van der Waals surface area (Å²) < 4.78 is 77.5. The summed E-state index contributed by atoms with van der Waals surface area (Å²) in [5.74, 6) is 0. The fourth-order valence-corrected chi connectivity index (χ4v) is 8.27. The van der Waals surface area contributed by atoms with Gasteiger partial charge in [-0.05, 0) is 136 Å². The second-order valence-corrected chi connectivity index (χ2v) is 15.1. The normalized spacial score (nSPS) is 13.1. The van der Waals surface area contributed by atoms with Crippen LogP contribution in [0.3, 0.4) is 0 Å². The molecule has 1 nitrogen and oxygen atoms in total. The quantitative estimate of drug-likeness (QED) is 0.148. The van der Waals surface area contributed by atoms with Crippen molar-refractivity contribution in [3.05, 3.63) is 249 Å². The highest BCUT2D eigenvalue weighted by molar-refractivity contribution is 6.04. The summed E-state index contributed by atoms with van der Waals surface area (Å²) in [6, 6.07) is 61.7. The Labute approximate surface area is 368 Å². The van der Waals surface area contributed by atoms with Crippen molar-refractivity contribution in [3.63, 3.8) is 0 Å². The van der Waals surface area contributed by atoms with Crippen molar-refractivity contribution >= 4 is 49.4 Å². The van der Waals surface area contributed by atoms with E-state index in [0.717, 1.165) is 65.7 Å². The third-order valence-corrected chi connectivity index (χ3v) is 11.4. The van der Waals surface area contributed by atoms with Crippen molar-refractivity contribution in [1.82, 2.24) is 0 Å². The predicted octanol–water partition coefficient (Wildman–Crippen LogP) is 17.0. The second kappa shape index (κ2) is 15.6. The first-order chi connectivity index (χ1) is 33.6. The fourth-order valence-electron chi connectivity index (χ4n) is 8.27. The van der Waals surface area contributed by atoms with Crippen LogP contribution in [-0.2, 0) is 0 Å². The van der Waals surface area contributed by atoms with Crippen LogP contribution >= 0.6 is 0 Å². The maximum atomic E-state index is 9.81. The molecule has 0 saturated carbocycles.